The SMILES string of the molecule is NCc1ccnc(Sc2ccc3ccccc3c2)c1. The van der Waals surface area contributed by atoms with Crippen molar-refractivity contribution in [1.29, 1.82) is 0 Å². The van der Waals surface area contributed by atoms with E-state index < -0.39 is 0 Å². The first-order chi connectivity index (χ1) is 9.35. The molecule has 94 valence electrons. The summed E-state index contributed by atoms with van der Waals surface area (Å²) in [6, 6.07) is 18.8. The molecule has 0 fully saturated rings. The van der Waals surface area contributed by atoms with Gasteiger partial charge in [0, 0.05) is 17.6 Å². The molecule has 1 heterocycles. The van der Waals surface area contributed by atoms with Crippen molar-refractivity contribution in [3.8, 4) is 0 Å². The number of hydrogen-bond acceptors (Lipinski definition) is 3. The van der Waals surface area contributed by atoms with Gasteiger partial charge in [-0.2, -0.15) is 0 Å². The first-order valence-electron chi connectivity index (χ1n) is 6.17. The van der Waals surface area contributed by atoms with Crippen LogP contribution in [0.4, 0.5) is 0 Å². The Bertz CT molecular complexity index is 710. The van der Waals surface area contributed by atoms with Gasteiger partial charge in [0.15, 0.2) is 0 Å². The Morgan fingerprint density at radius 2 is 1.79 bits per heavy atom. The van der Waals surface area contributed by atoms with Crippen LogP contribution in [0.1, 0.15) is 5.56 Å². The van der Waals surface area contributed by atoms with E-state index in [4.69, 9.17) is 5.73 Å². The molecule has 3 aromatic rings. The molecule has 0 amide bonds. The van der Waals surface area contributed by atoms with Gasteiger partial charge in [-0.05, 0) is 40.6 Å². The molecular formula is C16H14N2S. The highest BCUT2D eigenvalue weighted by Crippen LogP contribution is 2.29. The van der Waals surface area contributed by atoms with E-state index in [1.165, 1.54) is 15.7 Å². The van der Waals surface area contributed by atoms with E-state index in [1.807, 2.05) is 18.3 Å². The first kappa shape index (κ1) is 12.2. The molecule has 2 N–H and O–H groups in total. The van der Waals surface area contributed by atoms with Gasteiger partial charge in [-0.25, -0.2) is 4.98 Å². The van der Waals surface area contributed by atoms with Crippen LogP contribution in [0.15, 0.2) is 70.7 Å². The van der Waals surface area contributed by atoms with Gasteiger partial charge in [-0.1, -0.05) is 42.1 Å². The summed E-state index contributed by atoms with van der Waals surface area (Å²) in [6.45, 7) is 0.549. The van der Waals surface area contributed by atoms with Gasteiger partial charge in [-0.3, -0.25) is 0 Å². The highest BCUT2D eigenvalue weighted by molar-refractivity contribution is 7.99. The Morgan fingerprint density at radius 3 is 2.63 bits per heavy atom. The Hall–Kier alpha value is -1.84. The van der Waals surface area contributed by atoms with Crippen molar-refractivity contribution in [2.24, 2.45) is 5.73 Å². The van der Waals surface area contributed by atoms with Crippen molar-refractivity contribution in [3.63, 3.8) is 0 Å². The third-order valence-corrected chi connectivity index (χ3v) is 3.90. The maximum absolute atomic E-state index is 5.65. The lowest BCUT2D eigenvalue weighted by Crippen LogP contribution is -1.96. The van der Waals surface area contributed by atoms with Crippen LogP contribution in [0.25, 0.3) is 10.8 Å². The van der Waals surface area contributed by atoms with Crippen LogP contribution < -0.4 is 5.73 Å². The fraction of sp³-hybridized carbons (Fsp3) is 0.0625. The van der Waals surface area contributed by atoms with E-state index in [9.17, 15) is 0 Å². The monoisotopic (exact) mass is 266 g/mol. The molecule has 3 heteroatoms. The van der Waals surface area contributed by atoms with E-state index in [2.05, 4.69) is 47.4 Å². The summed E-state index contributed by atoms with van der Waals surface area (Å²) in [7, 11) is 0. The van der Waals surface area contributed by atoms with Crippen LogP contribution >= 0.6 is 11.8 Å². The van der Waals surface area contributed by atoms with Crippen molar-refractivity contribution in [2.45, 2.75) is 16.5 Å². The number of pyridine rings is 1. The minimum atomic E-state index is 0.549. The van der Waals surface area contributed by atoms with Crippen LogP contribution in [0.2, 0.25) is 0 Å². The number of nitrogens with zero attached hydrogens (tertiary/aromatic N) is 1. The number of benzene rings is 2. The highest BCUT2D eigenvalue weighted by atomic mass is 32.2. The maximum atomic E-state index is 5.65. The molecule has 0 bridgehead atoms. The molecule has 19 heavy (non-hydrogen) atoms. The second kappa shape index (κ2) is 5.43. The Kier molecular flexibility index (Phi) is 3.49. The number of nitrogens with two attached hydrogens (primary N) is 1. The topological polar surface area (TPSA) is 38.9 Å². The minimum absolute atomic E-state index is 0.549. The molecule has 0 saturated carbocycles. The van der Waals surface area contributed by atoms with Crippen LogP contribution in [0.5, 0.6) is 0 Å². The predicted molar refractivity (Wildman–Crippen MR) is 80.2 cm³/mol. The summed E-state index contributed by atoms with van der Waals surface area (Å²) in [4.78, 5) is 5.56. The summed E-state index contributed by atoms with van der Waals surface area (Å²) >= 11 is 1.67. The third-order valence-electron chi connectivity index (χ3n) is 2.98. The van der Waals surface area contributed by atoms with Crippen LogP contribution in [-0.4, -0.2) is 4.98 Å². The second-order valence-corrected chi connectivity index (χ2v) is 5.41. The lowest BCUT2D eigenvalue weighted by Gasteiger charge is -2.04. The average molecular weight is 266 g/mol. The molecule has 0 aliphatic rings. The molecule has 2 nitrogen and oxygen atoms in total. The van der Waals surface area contributed by atoms with E-state index in [0.717, 1.165) is 10.6 Å². The molecule has 0 radical (unpaired) electrons. The summed E-state index contributed by atoms with van der Waals surface area (Å²) in [6.07, 6.45) is 1.81. The van der Waals surface area contributed by atoms with Crippen LogP contribution in [0, 0.1) is 0 Å². The molecule has 1 aromatic heterocycles. The normalized spacial score (nSPS) is 10.8. The minimum Gasteiger partial charge on any atom is -0.326 e. The van der Waals surface area contributed by atoms with Crippen molar-refractivity contribution in [3.05, 3.63) is 66.4 Å². The van der Waals surface area contributed by atoms with Crippen molar-refractivity contribution >= 4 is 22.5 Å². The molecule has 3 rings (SSSR count). The standard InChI is InChI=1S/C16H14N2S/c17-11-12-7-8-18-16(9-12)19-15-6-5-13-3-1-2-4-14(13)10-15/h1-10H,11,17H2. The van der Waals surface area contributed by atoms with Crippen molar-refractivity contribution < 1.29 is 0 Å². The van der Waals surface area contributed by atoms with Crippen LogP contribution in [-0.2, 0) is 6.54 Å². The largest absolute Gasteiger partial charge is 0.326 e. The Morgan fingerprint density at radius 1 is 0.947 bits per heavy atom. The molecule has 0 aliphatic carbocycles. The third kappa shape index (κ3) is 2.78. The Labute approximate surface area is 116 Å². The molecule has 0 spiro atoms. The smallest absolute Gasteiger partial charge is 0.101 e. The van der Waals surface area contributed by atoms with E-state index in [1.54, 1.807) is 11.8 Å². The quantitative estimate of drug-likeness (QED) is 0.782. The van der Waals surface area contributed by atoms with E-state index in [-0.39, 0.29) is 0 Å². The fourth-order valence-electron chi connectivity index (χ4n) is 1.98. The lowest BCUT2D eigenvalue weighted by atomic mass is 10.1. The van der Waals surface area contributed by atoms with E-state index >= 15 is 0 Å². The summed E-state index contributed by atoms with van der Waals surface area (Å²) < 4.78 is 0. The van der Waals surface area contributed by atoms with Gasteiger partial charge in [-0.15, -0.1) is 0 Å². The maximum Gasteiger partial charge on any atom is 0.101 e. The molecule has 2 aromatic carbocycles. The van der Waals surface area contributed by atoms with Gasteiger partial charge >= 0.3 is 0 Å². The number of hydrogen-bond donors (Lipinski definition) is 1. The average Bonchev–Trinajstić information content (AvgIpc) is 2.47. The van der Waals surface area contributed by atoms with E-state index in [0.29, 0.717) is 6.54 Å². The van der Waals surface area contributed by atoms with Gasteiger partial charge in [0.1, 0.15) is 5.03 Å². The van der Waals surface area contributed by atoms with Gasteiger partial charge in [0.25, 0.3) is 0 Å². The molecule has 0 unspecified atom stereocenters. The van der Waals surface area contributed by atoms with Gasteiger partial charge in [0.05, 0.1) is 0 Å². The molecule has 0 atom stereocenters. The Balaban J connectivity index is 1.92. The lowest BCUT2D eigenvalue weighted by molar-refractivity contribution is 1.02. The van der Waals surface area contributed by atoms with Crippen molar-refractivity contribution in [2.75, 3.05) is 0 Å². The van der Waals surface area contributed by atoms with Gasteiger partial charge < -0.3 is 5.73 Å². The zero-order valence-corrected chi connectivity index (χ0v) is 11.2. The highest BCUT2D eigenvalue weighted by Gasteiger charge is 2.01. The molecule has 0 saturated heterocycles. The first-order valence-corrected chi connectivity index (χ1v) is 6.98. The number of aromatic nitrogens is 1. The zero-order chi connectivity index (χ0) is 13.1. The molecular weight excluding hydrogens is 252 g/mol. The summed E-state index contributed by atoms with van der Waals surface area (Å²) in [5.41, 5.74) is 6.76. The molecule has 0 aliphatic heterocycles. The second-order valence-electron chi connectivity index (χ2n) is 4.32. The fourth-order valence-corrected chi connectivity index (χ4v) is 2.87. The zero-order valence-electron chi connectivity index (χ0n) is 10.4. The van der Waals surface area contributed by atoms with Crippen molar-refractivity contribution in [1.82, 2.24) is 4.98 Å². The summed E-state index contributed by atoms with van der Waals surface area (Å²) in [5, 5.41) is 3.50. The summed E-state index contributed by atoms with van der Waals surface area (Å²) in [5.74, 6) is 0. The number of rotatable bonds is 3. The van der Waals surface area contributed by atoms with Gasteiger partial charge in [0.2, 0.25) is 0 Å². The van der Waals surface area contributed by atoms with Crippen LogP contribution in [0.3, 0.4) is 0 Å². The number of fused-ring (bicyclic) bond motifs is 1. The predicted octanol–water partition coefficient (Wildman–Crippen LogP) is 3.84.